The summed E-state index contributed by atoms with van der Waals surface area (Å²) in [5, 5.41) is 0. The fraction of sp³-hybridized carbons (Fsp3) is 0.579. The molecule has 0 atom stereocenters. The van der Waals surface area contributed by atoms with Crippen LogP contribution in [0.1, 0.15) is 36.0 Å². The van der Waals surface area contributed by atoms with Gasteiger partial charge in [0.2, 0.25) is 5.91 Å². The summed E-state index contributed by atoms with van der Waals surface area (Å²) >= 11 is 0. The standard InChI is InChI=1S/C19H26N2O4/c1-24-16-8-7-15(13-17(16)25-2)19(23)21-11-9-20(10-12-21)18(22)14-5-3-4-6-14/h7-8,13-14H,3-6,9-12H2,1-2H3. The van der Waals surface area contributed by atoms with E-state index in [2.05, 4.69) is 0 Å². The predicted octanol–water partition coefficient (Wildman–Crippen LogP) is 2.18. The summed E-state index contributed by atoms with van der Waals surface area (Å²) in [4.78, 5) is 28.9. The molecular formula is C19H26N2O4. The number of hydrogen-bond donors (Lipinski definition) is 0. The van der Waals surface area contributed by atoms with Crippen molar-refractivity contribution in [1.82, 2.24) is 9.80 Å². The Labute approximate surface area is 148 Å². The number of methoxy groups -OCH3 is 2. The zero-order chi connectivity index (χ0) is 17.8. The molecule has 1 saturated heterocycles. The van der Waals surface area contributed by atoms with Crippen molar-refractivity contribution in [2.75, 3.05) is 40.4 Å². The lowest BCUT2D eigenvalue weighted by atomic mass is 10.1. The molecule has 1 heterocycles. The molecule has 1 aromatic rings. The monoisotopic (exact) mass is 346 g/mol. The normalized spacial score (nSPS) is 18.3. The molecule has 0 spiro atoms. The van der Waals surface area contributed by atoms with Crippen molar-refractivity contribution < 1.29 is 19.1 Å². The molecule has 2 fully saturated rings. The highest BCUT2D eigenvalue weighted by atomic mass is 16.5. The summed E-state index contributed by atoms with van der Waals surface area (Å²) in [6.45, 7) is 2.39. The van der Waals surface area contributed by atoms with E-state index < -0.39 is 0 Å². The highest BCUT2D eigenvalue weighted by Gasteiger charge is 2.30. The first-order valence-corrected chi connectivity index (χ1v) is 8.94. The van der Waals surface area contributed by atoms with E-state index in [1.165, 1.54) is 0 Å². The third-order valence-corrected chi connectivity index (χ3v) is 5.21. The van der Waals surface area contributed by atoms with Gasteiger partial charge in [0, 0.05) is 37.7 Å². The Bertz CT molecular complexity index is 632. The average molecular weight is 346 g/mol. The summed E-state index contributed by atoms with van der Waals surface area (Å²) in [5.41, 5.74) is 0.577. The van der Waals surface area contributed by atoms with Crippen LogP contribution in [-0.4, -0.2) is 62.0 Å². The molecule has 0 unspecified atom stereocenters. The van der Waals surface area contributed by atoms with Gasteiger partial charge in [-0.25, -0.2) is 0 Å². The lowest BCUT2D eigenvalue weighted by molar-refractivity contribution is -0.136. The molecule has 25 heavy (non-hydrogen) atoms. The summed E-state index contributed by atoms with van der Waals surface area (Å²) in [5.74, 6) is 1.59. The second kappa shape index (κ2) is 7.76. The molecule has 1 aliphatic carbocycles. The van der Waals surface area contributed by atoms with E-state index in [1.807, 2.05) is 4.90 Å². The van der Waals surface area contributed by atoms with E-state index in [9.17, 15) is 9.59 Å². The van der Waals surface area contributed by atoms with E-state index in [4.69, 9.17) is 9.47 Å². The molecule has 0 N–H and O–H groups in total. The van der Waals surface area contributed by atoms with Gasteiger partial charge in [0.05, 0.1) is 14.2 Å². The minimum Gasteiger partial charge on any atom is -0.493 e. The predicted molar refractivity (Wildman–Crippen MR) is 94.0 cm³/mol. The third kappa shape index (κ3) is 3.72. The van der Waals surface area contributed by atoms with Crippen LogP contribution in [0.15, 0.2) is 18.2 Å². The molecule has 0 bridgehead atoms. The molecule has 2 aliphatic rings. The zero-order valence-electron chi connectivity index (χ0n) is 15.0. The van der Waals surface area contributed by atoms with Gasteiger partial charge in [-0.15, -0.1) is 0 Å². The molecular weight excluding hydrogens is 320 g/mol. The van der Waals surface area contributed by atoms with E-state index in [-0.39, 0.29) is 17.7 Å². The molecule has 2 amide bonds. The molecule has 0 radical (unpaired) electrons. The van der Waals surface area contributed by atoms with Gasteiger partial charge in [-0.3, -0.25) is 9.59 Å². The Balaban J connectivity index is 1.60. The third-order valence-electron chi connectivity index (χ3n) is 5.21. The van der Waals surface area contributed by atoms with E-state index >= 15 is 0 Å². The van der Waals surface area contributed by atoms with Crippen LogP contribution < -0.4 is 9.47 Å². The maximum absolute atomic E-state index is 12.7. The first-order valence-electron chi connectivity index (χ1n) is 8.94. The van der Waals surface area contributed by atoms with Crippen molar-refractivity contribution in [2.45, 2.75) is 25.7 Å². The van der Waals surface area contributed by atoms with E-state index in [1.54, 1.807) is 37.3 Å². The fourth-order valence-electron chi connectivity index (χ4n) is 3.71. The molecule has 6 nitrogen and oxygen atoms in total. The van der Waals surface area contributed by atoms with Gasteiger partial charge in [-0.1, -0.05) is 12.8 Å². The Morgan fingerprint density at radius 3 is 2.12 bits per heavy atom. The first-order chi connectivity index (χ1) is 12.1. The van der Waals surface area contributed by atoms with Crippen molar-refractivity contribution in [2.24, 2.45) is 5.92 Å². The summed E-state index contributed by atoms with van der Waals surface area (Å²) in [7, 11) is 3.12. The van der Waals surface area contributed by atoms with E-state index in [0.29, 0.717) is 43.2 Å². The van der Waals surface area contributed by atoms with Crippen molar-refractivity contribution in [3.05, 3.63) is 23.8 Å². The number of piperazine rings is 1. The van der Waals surface area contributed by atoms with Gasteiger partial charge in [0.15, 0.2) is 11.5 Å². The molecule has 3 rings (SSSR count). The van der Waals surface area contributed by atoms with Gasteiger partial charge in [-0.05, 0) is 31.0 Å². The lowest BCUT2D eigenvalue weighted by Crippen LogP contribution is -2.51. The summed E-state index contributed by atoms with van der Waals surface area (Å²) < 4.78 is 10.5. The average Bonchev–Trinajstić information content (AvgIpc) is 3.21. The van der Waals surface area contributed by atoms with Gasteiger partial charge in [0.25, 0.3) is 5.91 Å². The van der Waals surface area contributed by atoms with Gasteiger partial charge in [-0.2, -0.15) is 0 Å². The second-order valence-electron chi connectivity index (χ2n) is 6.67. The maximum atomic E-state index is 12.7. The van der Waals surface area contributed by atoms with Crippen LogP contribution in [0.3, 0.4) is 0 Å². The highest BCUT2D eigenvalue weighted by Crippen LogP contribution is 2.29. The minimum absolute atomic E-state index is 0.0334. The minimum atomic E-state index is -0.0334. The van der Waals surface area contributed by atoms with Gasteiger partial charge in [0.1, 0.15) is 0 Å². The van der Waals surface area contributed by atoms with Gasteiger partial charge >= 0.3 is 0 Å². The summed E-state index contributed by atoms with van der Waals surface area (Å²) in [6, 6.07) is 5.20. The highest BCUT2D eigenvalue weighted by molar-refractivity contribution is 5.95. The number of rotatable bonds is 4. The molecule has 1 aliphatic heterocycles. The zero-order valence-corrected chi connectivity index (χ0v) is 15.0. The van der Waals surface area contributed by atoms with Crippen LogP contribution in [0.5, 0.6) is 11.5 Å². The van der Waals surface area contributed by atoms with Crippen LogP contribution in [0.25, 0.3) is 0 Å². The first kappa shape index (κ1) is 17.6. The van der Waals surface area contributed by atoms with Crippen LogP contribution in [0.2, 0.25) is 0 Å². The second-order valence-corrected chi connectivity index (χ2v) is 6.67. The fourth-order valence-corrected chi connectivity index (χ4v) is 3.71. The number of ether oxygens (including phenoxy) is 2. The Kier molecular flexibility index (Phi) is 5.46. The Morgan fingerprint density at radius 1 is 0.920 bits per heavy atom. The quantitative estimate of drug-likeness (QED) is 0.838. The number of nitrogens with zero attached hydrogens (tertiary/aromatic N) is 2. The van der Waals surface area contributed by atoms with Crippen molar-refractivity contribution >= 4 is 11.8 Å². The molecule has 0 aromatic heterocycles. The molecule has 136 valence electrons. The number of benzene rings is 1. The van der Waals surface area contributed by atoms with Crippen molar-refractivity contribution in [1.29, 1.82) is 0 Å². The van der Waals surface area contributed by atoms with Crippen LogP contribution in [0, 0.1) is 5.92 Å². The number of carbonyl (C=O) groups is 2. The smallest absolute Gasteiger partial charge is 0.254 e. The van der Waals surface area contributed by atoms with Crippen LogP contribution in [-0.2, 0) is 4.79 Å². The van der Waals surface area contributed by atoms with Crippen LogP contribution >= 0.6 is 0 Å². The van der Waals surface area contributed by atoms with E-state index in [0.717, 1.165) is 25.7 Å². The maximum Gasteiger partial charge on any atom is 0.254 e. The summed E-state index contributed by atoms with van der Waals surface area (Å²) in [6.07, 6.45) is 4.36. The molecule has 1 saturated carbocycles. The van der Waals surface area contributed by atoms with Crippen LogP contribution in [0.4, 0.5) is 0 Å². The molecule has 6 heteroatoms. The largest absolute Gasteiger partial charge is 0.493 e. The SMILES string of the molecule is COc1ccc(C(=O)N2CCN(C(=O)C3CCCC3)CC2)cc1OC. The Hall–Kier alpha value is -2.24. The number of hydrogen-bond acceptors (Lipinski definition) is 4. The topological polar surface area (TPSA) is 59.1 Å². The van der Waals surface area contributed by atoms with Gasteiger partial charge < -0.3 is 19.3 Å². The Morgan fingerprint density at radius 2 is 1.52 bits per heavy atom. The number of carbonyl (C=O) groups excluding carboxylic acids is 2. The molecule has 1 aromatic carbocycles. The van der Waals surface area contributed by atoms with Crippen molar-refractivity contribution in [3.63, 3.8) is 0 Å². The van der Waals surface area contributed by atoms with Crippen molar-refractivity contribution in [3.8, 4) is 11.5 Å². The lowest BCUT2D eigenvalue weighted by Gasteiger charge is -2.36. The number of amides is 2.